The second-order valence-electron chi connectivity index (χ2n) is 7.69. The molecule has 0 amide bonds. The van der Waals surface area contributed by atoms with Crippen molar-refractivity contribution in [3.05, 3.63) is 51.6 Å². The third-order valence-corrected chi connectivity index (χ3v) is 6.29. The third kappa shape index (κ3) is 7.12. The highest BCUT2D eigenvalue weighted by Gasteiger charge is 2.27. The topological polar surface area (TPSA) is 140 Å². The van der Waals surface area contributed by atoms with Crippen molar-refractivity contribution in [1.29, 1.82) is 0 Å². The summed E-state index contributed by atoms with van der Waals surface area (Å²) in [6.45, 7) is 7.16. The Hall–Kier alpha value is -3.25. The van der Waals surface area contributed by atoms with E-state index in [1.165, 1.54) is 33.2 Å². The molecule has 0 N–H and O–H groups in total. The van der Waals surface area contributed by atoms with E-state index in [0.29, 0.717) is 11.1 Å². The number of benzene rings is 1. The summed E-state index contributed by atoms with van der Waals surface area (Å²) in [5.41, 5.74) is 1.08. The Morgan fingerprint density at radius 2 is 1.68 bits per heavy atom. The molecule has 0 bridgehead atoms. The number of esters is 2. The number of methoxy groups -OCH3 is 1. The van der Waals surface area contributed by atoms with Gasteiger partial charge in [-0.2, -0.15) is 13.4 Å². The van der Waals surface area contributed by atoms with Crippen LogP contribution >= 0.6 is 0 Å². The molecule has 1 aromatic heterocycles. The van der Waals surface area contributed by atoms with Crippen LogP contribution in [0.5, 0.6) is 5.88 Å². The van der Waals surface area contributed by atoms with Gasteiger partial charge in [0.05, 0.1) is 6.54 Å². The van der Waals surface area contributed by atoms with Gasteiger partial charge in [-0.1, -0.05) is 17.7 Å². The smallest absolute Gasteiger partial charge is 0.351 e. The van der Waals surface area contributed by atoms with Crippen LogP contribution in [0.25, 0.3) is 0 Å². The molecule has 0 aliphatic rings. The van der Waals surface area contributed by atoms with Gasteiger partial charge in [-0.05, 0) is 31.9 Å². The summed E-state index contributed by atoms with van der Waals surface area (Å²) >= 11 is 0. The molecular weight excluding hydrogens is 468 g/mol. The van der Waals surface area contributed by atoms with Gasteiger partial charge in [0.25, 0.3) is 0 Å². The Balaban J connectivity index is 2.28. The minimum Gasteiger partial charge on any atom is -0.463 e. The van der Waals surface area contributed by atoms with Crippen LogP contribution in [-0.4, -0.2) is 55.8 Å². The predicted octanol–water partition coefficient (Wildman–Crippen LogP) is 1.45. The summed E-state index contributed by atoms with van der Waals surface area (Å²) < 4.78 is 47.2. The summed E-state index contributed by atoms with van der Waals surface area (Å²) in [4.78, 5) is 38.9. The molecule has 0 radical (unpaired) electrons. The lowest BCUT2D eigenvalue weighted by molar-refractivity contribution is -0.161. The molecule has 0 aliphatic heterocycles. The van der Waals surface area contributed by atoms with Crippen molar-refractivity contribution in [2.45, 2.75) is 58.3 Å². The third-order valence-electron chi connectivity index (χ3n) is 4.76. The largest absolute Gasteiger partial charge is 0.463 e. The molecule has 2 atom stereocenters. The van der Waals surface area contributed by atoms with Crippen molar-refractivity contribution in [2.75, 3.05) is 13.7 Å². The highest BCUT2D eigenvalue weighted by atomic mass is 32.2. The van der Waals surface area contributed by atoms with E-state index in [9.17, 15) is 22.8 Å². The molecule has 0 fully saturated rings. The van der Waals surface area contributed by atoms with E-state index in [2.05, 4.69) is 4.98 Å². The summed E-state index contributed by atoms with van der Waals surface area (Å²) in [6, 6.07) is 4.63. The number of hydrogen-bond donors (Lipinski definition) is 0. The van der Waals surface area contributed by atoms with Crippen LogP contribution < -0.4 is 9.87 Å². The molecule has 186 valence electrons. The van der Waals surface area contributed by atoms with Gasteiger partial charge in [0.15, 0.2) is 0 Å². The van der Waals surface area contributed by atoms with Crippen molar-refractivity contribution < 1.29 is 36.4 Å². The molecule has 0 saturated carbocycles. The number of nitrogens with zero attached hydrogens (tertiary/aromatic N) is 2. The molecule has 11 nitrogen and oxygen atoms in total. The maximum atomic E-state index is 12.8. The number of hydrogen-bond acceptors (Lipinski definition) is 10. The average molecular weight is 497 g/mol. The SMILES string of the molecule is COC(COC(C)=O)C(Cn1ccc(OS(=O)(=O)c2c(C)cc(C)cc2C)nc1=O)OC(C)=O. The molecule has 34 heavy (non-hydrogen) atoms. The first kappa shape index (κ1) is 27.0. The Kier molecular flexibility index (Phi) is 8.93. The van der Waals surface area contributed by atoms with Crippen molar-refractivity contribution in [3.63, 3.8) is 0 Å². The van der Waals surface area contributed by atoms with Gasteiger partial charge < -0.3 is 18.4 Å². The van der Waals surface area contributed by atoms with E-state index in [0.717, 1.165) is 10.1 Å². The predicted molar refractivity (Wildman–Crippen MR) is 120 cm³/mol. The lowest BCUT2D eigenvalue weighted by atomic mass is 10.1. The summed E-state index contributed by atoms with van der Waals surface area (Å²) in [5.74, 6) is -1.59. The second-order valence-corrected chi connectivity index (χ2v) is 9.17. The van der Waals surface area contributed by atoms with E-state index < -0.39 is 45.8 Å². The maximum Gasteiger partial charge on any atom is 0.351 e. The minimum absolute atomic E-state index is 0.00686. The fourth-order valence-electron chi connectivity index (χ4n) is 3.48. The summed E-state index contributed by atoms with van der Waals surface area (Å²) in [6.07, 6.45) is -0.595. The number of aromatic nitrogens is 2. The van der Waals surface area contributed by atoms with Crippen molar-refractivity contribution >= 4 is 22.1 Å². The number of carbonyl (C=O) groups excluding carboxylic acids is 2. The van der Waals surface area contributed by atoms with Crippen molar-refractivity contribution in [3.8, 4) is 5.88 Å². The van der Waals surface area contributed by atoms with Gasteiger partial charge in [0.2, 0.25) is 5.88 Å². The van der Waals surface area contributed by atoms with E-state index in [-0.39, 0.29) is 18.0 Å². The van der Waals surface area contributed by atoms with Crippen LogP contribution in [0.4, 0.5) is 0 Å². The first-order chi connectivity index (χ1) is 15.8. The molecule has 12 heteroatoms. The molecule has 0 spiro atoms. The number of aryl methyl sites for hydroxylation is 3. The summed E-state index contributed by atoms with van der Waals surface area (Å²) in [5, 5.41) is 0. The second kappa shape index (κ2) is 11.3. The average Bonchev–Trinajstić information content (AvgIpc) is 2.68. The standard InChI is InChI=1S/C22H28N2O9S/c1-13-9-14(2)21(15(3)10-13)34(28,29)33-20-7-8-24(22(27)23-20)11-18(32-17(5)26)19(30-6)12-31-16(4)25/h7-10,18-19H,11-12H2,1-6H3. The zero-order chi connectivity index (χ0) is 25.6. The van der Waals surface area contributed by atoms with E-state index in [1.807, 2.05) is 6.92 Å². The van der Waals surface area contributed by atoms with Gasteiger partial charge in [0, 0.05) is 33.2 Å². The molecule has 2 aromatic rings. The monoisotopic (exact) mass is 496 g/mol. The first-order valence-electron chi connectivity index (χ1n) is 10.3. The van der Waals surface area contributed by atoms with Crippen LogP contribution in [0.15, 0.2) is 34.1 Å². The van der Waals surface area contributed by atoms with E-state index in [1.54, 1.807) is 26.0 Å². The Morgan fingerprint density at radius 1 is 1.06 bits per heavy atom. The van der Waals surface area contributed by atoms with E-state index >= 15 is 0 Å². The zero-order valence-corrected chi connectivity index (χ0v) is 20.7. The van der Waals surface area contributed by atoms with Crippen LogP contribution in [0.1, 0.15) is 30.5 Å². The van der Waals surface area contributed by atoms with Crippen molar-refractivity contribution in [1.82, 2.24) is 9.55 Å². The van der Waals surface area contributed by atoms with Gasteiger partial charge in [-0.25, -0.2) is 4.79 Å². The number of rotatable bonds is 10. The Bertz CT molecular complexity index is 1200. The van der Waals surface area contributed by atoms with Gasteiger partial charge in [-0.3, -0.25) is 14.2 Å². The fraction of sp³-hybridized carbons (Fsp3) is 0.455. The van der Waals surface area contributed by atoms with E-state index in [4.69, 9.17) is 18.4 Å². The lowest BCUT2D eigenvalue weighted by Gasteiger charge is -2.25. The molecule has 0 saturated heterocycles. The van der Waals surface area contributed by atoms with Crippen molar-refractivity contribution in [2.24, 2.45) is 0 Å². The first-order valence-corrected chi connectivity index (χ1v) is 11.7. The van der Waals surface area contributed by atoms with Gasteiger partial charge >= 0.3 is 27.7 Å². The molecule has 2 unspecified atom stereocenters. The summed E-state index contributed by atoms with van der Waals surface area (Å²) in [7, 11) is -2.91. The van der Waals surface area contributed by atoms with Gasteiger partial charge in [-0.15, -0.1) is 0 Å². The molecule has 2 rings (SSSR count). The van der Waals surface area contributed by atoms with Crippen LogP contribution in [-0.2, 0) is 40.5 Å². The van der Waals surface area contributed by atoms with Crippen LogP contribution in [0.3, 0.4) is 0 Å². The number of ether oxygens (including phenoxy) is 3. The van der Waals surface area contributed by atoms with Crippen LogP contribution in [0.2, 0.25) is 0 Å². The lowest BCUT2D eigenvalue weighted by Crippen LogP contribution is -2.41. The fourth-order valence-corrected chi connectivity index (χ4v) is 4.79. The molecule has 1 aromatic carbocycles. The van der Waals surface area contributed by atoms with Gasteiger partial charge in [0.1, 0.15) is 23.7 Å². The van der Waals surface area contributed by atoms with Crippen LogP contribution in [0, 0.1) is 20.8 Å². The Labute approximate surface area is 197 Å². The maximum absolute atomic E-state index is 12.8. The number of carbonyl (C=O) groups is 2. The zero-order valence-electron chi connectivity index (χ0n) is 19.9. The molecule has 1 heterocycles. The normalized spacial score (nSPS) is 13.1. The highest BCUT2D eigenvalue weighted by molar-refractivity contribution is 7.87. The quantitative estimate of drug-likeness (QED) is 0.350. The highest BCUT2D eigenvalue weighted by Crippen LogP contribution is 2.24. The Morgan fingerprint density at radius 3 is 2.18 bits per heavy atom. The minimum atomic E-state index is -4.24. The molecule has 0 aliphatic carbocycles. The molecular formula is C22H28N2O9S.